The fourth-order valence-corrected chi connectivity index (χ4v) is 2.77. The van der Waals surface area contributed by atoms with E-state index in [2.05, 4.69) is 0 Å². The molecular formula is C14H19O6P. The highest BCUT2D eigenvalue weighted by Gasteiger charge is 2.27. The third kappa shape index (κ3) is 5.71. The Morgan fingerprint density at radius 2 is 1.71 bits per heavy atom. The van der Waals surface area contributed by atoms with Gasteiger partial charge in [-0.3, -0.25) is 9.05 Å². The van der Waals surface area contributed by atoms with E-state index >= 15 is 0 Å². The van der Waals surface area contributed by atoms with E-state index in [1.165, 1.54) is 0 Å². The van der Waals surface area contributed by atoms with Gasteiger partial charge in [0, 0.05) is 6.08 Å². The number of hydrogen-bond acceptors (Lipinski definition) is 5. The Labute approximate surface area is 124 Å². The van der Waals surface area contributed by atoms with Crippen LogP contribution in [0.2, 0.25) is 0 Å². The zero-order valence-corrected chi connectivity index (χ0v) is 13.1. The van der Waals surface area contributed by atoms with Crippen molar-refractivity contribution in [2.45, 2.75) is 20.8 Å². The van der Waals surface area contributed by atoms with Crippen LogP contribution in [-0.2, 0) is 18.4 Å². The van der Waals surface area contributed by atoms with E-state index in [9.17, 15) is 9.36 Å². The maximum Gasteiger partial charge on any atom is 0.530 e. The quantitative estimate of drug-likeness (QED) is 0.581. The topological polar surface area (TPSA) is 82.1 Å². The average Bonchev–Trinajstić information content (AvgIpc) is 2.39. The van der Waals surface area contributed by atoms with Gasteiger partial charge in [-0.05, 0) is 44.0 Å². The van der Waals surface area contributed by atoms with Crippen LogP contribution in [0, 0.1) is 0 Å². The minimum absolute atomic E-state index is 0.204. The molecule has 0 spiro atoms. The monoisotopic (exact) mass is 314 g/mol. The number of aliphatic carboxylic acids is 1. The van der Waals surface area contributed by atoms with Crippen LogP contribution in [0.25, 0.3) is 5.57 Å². The second kappa shape index (κ2) is 7.98. The minimum Gasteiger partial charge on any atom is -0.478 e. The first kappa shape index (κ1) is 17.4. The van der Waals surface area contributed by atoms with Crippen LogP contribution < -0.4 is 4.52 Å². The summed E-state index contributed by atoms with van der Waals surface area (Å²) in [5.41, 5.74) is 1.33. The summed E-state index contributed by atoms with van der Waals surface area (Å²) in [5.74, 6) is -0.683. The second-order valence-electron chi connectivity index (χ2n) is 4.06. The predicted molar refractivity (Wildman–Crippen MR) is 79.2 cm³/mol. The summed E-state index contributed by atoms with van der Waals surface area (Å²) in [6, 6.07) is 6.51. The van der Waals surface area contributed by atoms with E-state index in [-0.39, 0.29) is 13.2 Å². The zero-order valence-electron chi connectivity index (χ0n) is 12.2. The molecule has 0 unspecified atom stereocenters. The summed E-state index contributed by atoms with van der Waals surface area (Å²) in [4.78, 5) is 10.6. The smallest absolute Gasteiger partial charge is 0.478 e. The lowest BCUT2D eigenvalue weighted by atomic mass is 10.1. The Kier molecular flexibility index (Phi) is 6.62. The fourth-order valence-electron chi connectivity index (χ4n) is 1.58. The van der Waals surface area contributed by atoms with Crippen LogP contribution in [-0.4, -0.2) is 24.3 Å². The molecule has 0 fully saturated rings. The lowest BCUT2D eigenvalue weighted by Gasteiger charge is -2.17. The lowest BCUT2D eigenvalue weighted by molar-refractivity contribution is -0.131. The van der Waals surface area contributed by atoms with Gasteiger partial charge in [0.05, 0.1) is 13.2 Å². The van der Waals surface area contributed by atoms with E-state index in [1.807, 2.05) is 0 Å². The van der Waals surface area contributed by atoms with Crippen LogP contribution in [0.3, 0.4) is 0 Å². The van der Waals surface area contributed by atoms with E-state index in [0.717, 1.165) is 11.6 Å². The van der Waals surface area contributed by atoms with Crippen molar-refractivity contribution in [1.29, 1.82) is 0 Å². The Hall–Kier alpha value is -1.62. The number of carbonyl (C=O) groups is 1. The molecule has 0 amide bonds. The van der Waals surface area contributed by atoms with Crippen LogP contribution in [0.5, 0.6) is 5.75 Å². The molecule has 1 aromatic rings. The van der Waals surface area contributed by atoms with Gasteiger partial charge in [-0.2, -0.15) is 0 Å². The molecule has 0 heterocycles. The van der Waals surface area contributed by atoms with Crippen LogP contribution >= 0.6 is 7.82 Å². The molecule has 0 aliphatic carbocycles. The van der Waals surface area contributed by atoms with E-state index < -0.39 is 13.8 Å². The molecule has 0 aromatic heterocycles. The number of hydrogen-bond donors (Lipinski definition) is 1. The van der Waals surface area contributed by atoms with Crippen molar-refractivity contribution in [3.05, 3.63) is 35.9 Å². The van der Waals surface area contributed by atoms with Crippen molar-refractivity contribution < 1.29 is 28.0 Å². The number of carboxylic acid groups (broad SMARTS) is 1. The molecule has 0 saturated heterocycles. The molecule has 0 radical (unpaired) electrons. The molecule has 0 aliphatic heterocycles. The highest BCUT2D eigenvalue weighted by Crippen LogP contribution is 2.49. The van der Waals surface area contributed by atoms with E-state index in [1.54, 1.807) is 45.0 Å². The van der Waals surface area contributed by atoms with Crippen molar-refractivity contribution in [3.63, 3.8) is 0 Å². The Bertz CT molecular complexity index is 539. The molecule has 1 rings (SSSR count). The van der Waals surface area contributed by atoms with E-state index in [4.69, 9.17) is 18.7 Å². The molecule has 21 heavy (non-hydrogen) atoms. The van der Waals surface area contributed by atoms with Crippen molar-refractivity contribution in [2.75, 3.05) is 13.2 Å². The molecule has 1 N–H and O–H groups in total. The van der Waals surface area contributed by atoms with E-state index in [0.29, 0.717) is 11.3 Å². The van der Waals surface area contributed by atoms with Gasteiger partial charge < -0.3 is 9.63 Å². The van der Waals surface area contributed by atoms with Crippen LogP contribution in [0.4, 0.5) is 0 Å². The second-order valence-corrected chi connectivity index (χ2v) is 5.66. The molecule has 116 valence electrons. The normalized spacial score (nSPS) is 12.2. The number of phosphoric ester groups is 1. The average molecular weight is 314 g/mol. The van der Waals surface area contributed by atoms with Gasteiger partial charge in [-0.25, -0.2) is 9.36 Å². The fraction of sp³-hybridized carbons (Fsp3) is 0.357. The highest BCUT2D eigenvalue weighted by atomic mass is 31.2. The van der Waals surface area contributed by atoms with Gasteiger partial charge in [0.1, 0.15) is 5.75 Å². The third-order valence-electron chi connectivity index (χ3n) is 2.44. The summed E-state index contributed by atoms with van der Waals surface area (Å²) in [7, 11) is -3.61. The SMILES string of the molecule is CCOP(=O)(OCC)Oc1ccc(/C(C)=C/C(=O)O)cc1. The summed E-state index contributed by atoms with van der Waals surface area (Å²) in [5, 5.41) is 8.70. The van der Waals surface area contributed by atoms with Gasteiger partial charge in [0.25, 0.3) is 0 Å². The summed E-state index contributed by atoms with van der Waals surface area (Å²) >= 11 is 0. The Morgan fingerprint density at radius 1 is 1.19 bits per heavy atom. The van der Waals surface area contributed by atoms with Gasteiger partial charge in [0.15, 0.2) is 0 Å². The number of rotatable bonds is 8. The highest BCUT2D eigenvalue weighted by molar-refractivity contribution is 7.48. The first-order chi connectivity index (χ1) is 9.90. The zero-order chi connectivity index (χ0) is 15.9. The van der Waals surface area contributed by atoms with Crippen molar-refractivity contribution in [1.82, 2.24) is 0 Å². The van der Waals surface area contributed by atoms with Gasteiger partial charge in [-0.1, -0.05) is 12.1 Å². The van der Waals surface area contributed by atoms with Gasteiger partial charge in [-0.15, -0.1) is 0 Å². The van der Waals surface area contributed by atoms with Gasteiger partial charge >= 0.3 is 13.8 Å². The first-order valence-electron chi connectivity index (χ1n) is 6.50. The first-order valence-corrected chi connectivity index (χ1v) is 7.96. The number of allylic oxidation sites excluding steroid dienone is 1. The number of phosphoric acid groups is 1. The third-order valence-corrected chi connectivity index (χ3v) is 4.02. The number of benzene rings is 1. The van der Waals surface area contributed by atoms with Crippen molar-refractivity contribution >= 4 is 19.4 Å². The summed E-state index contributed by atoms with van der Waals surface area (Å²) in [6.07, 6.45) is 1.11. The Morgan fingerprint density at radius 3 is 2.14 bits per heavy atom. The largest absolute Gasteiger partial charge is 0.530 e. The maximum atomic E-state index is 12.2. The minimum atomic E-state index is -3.61. The number of carboxylic acids is 1. The standard InChI is InChI=1S/C14H19O6P/c1-4-18-21(17,19-5-2)20-13-8-6-12(7-9-13)11(3)10-14(15)16/h6-10H,4-5H2,1-3H3,(H,15,16)/b11-10+. The van der Waals surface area contributed by atoms with Gasteiger partial charge in [0.2, 0.25) is 0 Å². The van der Waals surface area contributed by atoms with Crippen molar-refractivity contribution in [3.8, 4) is 5.75 Å². The molecule has 7 heteroatoms. The van der Waals surface area contributed by atoms with Crippen LogP contribution in [0.15, 0.2) is 30.3 Å². The van der Waals surface area contributed by atoms with Crippen LogP contribution in [0.1, 0.15) is 26.3 Å². The molecule has 0 aliphatic rings. The molecule has 0 atom stereocenters. The maximum absolute atomic E-state index is 12.2. The molecule has 1 aromatic carbocycles. The molecule has 0 saturated carbocycles. The predicted octanol–water partition coefficient (Wildman–Crippen LogP) is 3.73. The Balaban J connectivity index is 2.87. The molecule has 6 nitrogen and oxygen atoms in total. The molecular weight excluding hydrogens is 295 g/mol. The summed E-state index contributed by atoms with van der Waals surface area (Å²) in [6.45, 7) is 5.48. The lowest BCUT2D eigenvalue weighted by Crippen LogP contribution is -2.02. The van der Waals surface area contributed by atoms with Crippen molar-refractivity contribution in [2.24, 2.45) is 0 Å². The molecule has 0 bridgehead atoms. The summed E-state index contributed by atoms with van der Waals surface area (Å²) < 4.78 is 27.5.